The van der Waals surface area contributed by atoms with Crippen LogP contribution in [-0.4, -0.2) is 24.8 Å². The summed E-state index contributed by atoms with van der Waals surface area (Å²) in [6.45, 7) is 3.92. The van der Waals surface area contributed by atoms with Gasteiger partial charge in [-0.25, -0.2) is 0 Å². The fourth-order valence-corrected chi connectivity index (χ4v) is 3.86. The van der Waals surface area contributed by atoms with Gasteiger partial charge >= 0.3 is 0 Å². The average molecular weight is 382 g/mol. The molecule has 146 valence electrons. The maximum Gasteiger partial charge on any atom is 0.292 e. The number of nitrogens with zero attached hydrogens (tertiary/aromatic N) is 3. The highest BCUT2D eigenvalue weighted by atomic mass is 16.6. The maximum atomic E-state index is 12.9. The molecule has 1 atom stereocenters. The molecular weight excluding hydrogens is 360 g/mol. The fourth-order valence-electron chi connectivity index (χ4n) is 3.86. The number of nitro groups is 1. The Morgan fingerprint density at radius 1 is 1.36 bits per heavy atom. The lowest BCUT2D eigenvalue weighted by molar-refractivity contribution is -0.384. The summed E-state index contributed by atoms with van der Waals surface area (Å²) in [6.07, 6.45) is 0.810. The van der Waals surface area contributed by atoms with E-state index in [-0.39, 0.29) is 28.3 Å². The largest absolute Gasteiger partial charge is 0.444 e. The molecule has 0 bridgehead atoms. The van der Waals surface area contributed by atoms with Crippen LogP contribution in [0.4, 0.5) is 11.4 Å². The van der Waals surface area contributed by atoms with E-state index < -0.39 is 10.8 Å². The number of ketones is 1. The minimum Gasteiger partial charge on any atom is -0.444 e. The molecule has 0 aromatic heterocycles. The van der Waals surface area contributed by atoms with Gasteiger partial charge in [-0.1, -0.05) is 19.9 Å². The van der Waals surface area contributed by atoms with Crippen molar-refractivity contribution in [2.45, 2.75) is 32.6 Å². The minimum atomic E-state index is -0.771. The second-order valence-electron chi connectivity index (χ2n) is 8.10. The van der Waals surface area contributed by atoms with E-state index in [1.807, 2.05) is 19.9 Å². The molecule has 2 N–H and O–H groups in total. The van der Waals surface area contributed by atoms with Gasteiger partial charge in [0.2, 0.25) is 5.88 Å². The quantitative estimate of drug-likeness (QED) is 0.629. The topological polar surface area (TPSA) is 122 Å². The molecule has 0 saturated heterocycles. The van der Waals surface area contributed by atoms with Crippen molar-refractivity contribution in [1.29, 1.82) is 5.26 Å². The predicted molar refractivity (Wildman–Crippen MR) is 103 cm³/mol. The summed E-state index contributed by atoms with van der Waals surface area (Å²) in [6, 6.07) is 6.75. The standard InChI is InChI=1S/C20H22N4O4/c1-20(2)8-15(25)18-16(9-20)28-19(22)12(10-21)17(18)11-5-6-13(23(3)4)14(7-11)24(26)27/h5-7,17H,8-9,22H2,1-4H3/t17-/m0/s1. The molecule has 0 spiro atoms. The van der Waals surface area contributed by atoms with Crippen LogP contribution in [0.15, 0.2) is 41.0 Å². The molecule has 1 aliphatic heterocycles. The van der Waals surface area contributed by atoms with Gasteiger partial charge in [-0.2, -0.15) is 5.26 Å². The van der Waals surface area contributed by atoms with E-state index in [0.29, 0.717) is 35.4 Å². The van der Waals surface area contributed by atoms with Gasteiger partial charge in [-0.05, 0) is 17.0 Å². The van der Waals surface area contributed by atoms with Gasteiger partial charge in [0.05, 0.1) is 10.8 Å². The monoisotopic (exact) mass is 382 g/mol. The number of carbonyl (C=O) groups excluding carboxylic acids is 1. The summed E-state index contributed by atoms with van der Waals surface area (Å²) in [4.78, 5) is 25.7. The fraction of sp³-hybridized carbons (Fsp3) is 0.400. The number of hydrogen-bond acceptors (Lipinski definition) is 7. The Kier molecular flexibility index (Phi) is 4.63. The zero-order valence-corrected chi connectivity index (χ0v) is 16.3. The minimum absolute atomic E-state index is 0.0592. The van der Waals surface area contributed by atoms with Crippen molar-refractivity contribution in [3.63, 3.8) is 0 Å². The first kappa shape index (κ1) is 19.4. The van der Waals surface area contributed by atoms with Crippen LogP contribution in [0.25, 0.3) is 0 Å². The van der Waals surface area contributed by atoms with Gasteiger partial charge in [0.15, 0.2) is 5.78 Å². The van der Waals surface area contributed by atoms with E-state index in [2.05, 4.69) is 0 Å². The van der Waals surface area contributed by atoms with Gasteiger partial charge in [0.25, 0.3) is 5.69 Å². The van der Waals surface area contributed by atoms with Crippen LogP contribution in [0.1, 0.15) is 38.2 Å². The first-order valence-corrected chi connectivity index (χ1v) is 8.85. The van der Waals surface area contributed by atoms with E-state index in [4.69, 9.17) is 10.5 Å². The Bertz CT molecular complexity index is 982. The number of carbonyl (C=O) groups is 1. The lowest BCUT2D eigenvalue weighted by atomic mass is 9.70. The molecule has 1 heterocycles. The van der Waals surface area contributed by atoms with Crippen LogP contribution in [0.3, 0.4) is 0 Å². The summed E-state index contributed by atoms with van der Waals surface area (Å²) in [7, 11) is 3.42. The van der Waals surface area contributed by atoms with Crippen molar-refractivity contribution >= 4 is 17.2 Å². The number of rotatable bonds is 3. The number of anilines is 1. The highest BCUT2D eigenvalue weighted by Crippen LogP contribution is 2.48. The van der Waals surface area contributed by atoms with Crippen molar-refractivity contribution in [3.05, 3.63) is 56.7 Å². The van der Waals surface area contributed by atoms with Crippen LogP contribution < -0.4 is 10.6 Å². The third-order valence-electron chi connectivity index (χ3n) is 5.09. The SMILES string of the molecule is CN(C)c1ccc([C@H]2C(C#N)=C(N)OC3=C2C(=O)CC(C)(C)C3)cc1[N+](=O)[O-]. The van der Waals surface area contributed by atoms with Gasteiger partial charge < -0.3 is 15.4 Å². The van der Waals surface area contributed by atoms with Crippen LogP contribution >= 0.6 is 0 Å². The summed E-state index contributed by atoms with van der Waals surface area (Å²) in [5.41, 5.74) is 6.97. The van der Waals surface area contributed by atoms with E-state index in [1.165, 1.54) is 6.07 Å². The third-order valence-corrected chi connectivity index (χ3v) is 5.09. The molecule has 0 amide bonds. The van der Waals surface area contributed by atoms with Crippen LogP contribution in [0.5, 0.6) is 0 Å². The van der Waals surface area contributed by atoms with E-state index >= 15 is 0 Å². The Hall–Kier alpha value is -3.34. The van der Waals surface area contributed by atoms with Crippen molar-refractivity contribution in [2.75, 3.05) is 19.0 Å². The number of benzene rings is 1. The molecule has 3 rings (SSSR count). The van der Waals surface area contributed by atoms with Crippen molar-refractivity contribution in [2.24, 2.45) is 11.1 Å². The molecule has 0 fully saturated rings. The Balaban J connectivity index is 2.22. The summed E-state index contributed by atoms with van der Waals surface area (Å²) < 4.78 is 5.64. The molecule has 1 aromatic carbocycles. The Labute approximate surface area is 163 Å². The number of ether oxygens (including phenoxy) is 1. The van der Waals surface area contributed by atoms with E-state index in [9.17, 15) is 20.2 Å². The second kappa shape index (κ2) is 6.68. The number of nitrogens with two attached hydrogens (primary N) is 1. The zero-order chi connectivity index (χ0) is 20.8. The van der Waals surface area contributed by atoms with Crippen LogP contribution in [0.2, 0.25) is 0 Å². The van der Waals surface area contributed by atoms with Gasteiger partial charge in [0.1, 0.15) is 23.1 Å². The maximum absolute atomic E-state index is 12.9. The molecular formula is C20H22N4O4. The number of allylic oxidation sites excluding steroid dienone is 3. The summed E-state index contributed by atoms with van der Waals surface area (Å²) >= 11 is 0. The van der Waals surface area contributed by atoms with E-state index in [0.717, 1.165) is 0 Å². The average Bonchev–Trinajstić information content (AvgIpc) is 2.58. The molecule has 28 heavy (non-hydrogen) atoms. The van der Waals surface area contributed by atoms with Gasteiger partial charge in [-0.3, -0.25) is 14.9 Å². The highest BCUT2D eigenvalue weighted by molar-refractivity contribution is 6.00. The lowest BCUT2D eigenvalue weighted by Gasteiger charge is -2.37. The smallest absolute Gasteiger partial charge is 0.292 e. The Morgan fingerprint density at radius 2 is 2.04 bits per heavy atom. The number of nitro benzene ring substituents is 1. The van der Waals surface area contributed by atoms with Crippen molar-refractivity contribution in [1.82, 2.24) is 0 Å². The Morgan fingerprint density at radius 3 is 2.61 bits per heavy atom. The summed E-state index contributed by atoms with van der Waals surface area (Å²) in [5.74, 6) is -0.513. The molecule has 1 aliphatic carbocycles. The number of hydrogen-bond donors (Lipinski definition) is 1. The van der Waals surface area contributed by atoms with Gasteiger partial charge in [-0.15, -0.1) is 0 Å². The molecule has 0 saturated carbocycles. The zero-order valence-electron chi connectivity index (χ0n) is 16.3. The first-order chi connectivity index (χ1) is 13.1. The molecule has 1 aromatic rings. The van der Waals surface area contributed by atoms with Crippen molar-refractivity contribution in [3.8, 4) is 6.07 Å². The van der Waals surface area contributed by atoms with E-state index in [1.54, 1.807) is 31.1 Å². The van der Waals surface area contributed by atoms with Crippen LogP contribution in [-0.2, 0) is 9.53 Å². The molecule has 2 aliphatic rings. The number of nitriles is 1. The van der Waals surface area contributed by atoms with Gasteiger partial charge in [0, 0.05) is 38.6 Å². The molecule has 0 radical (unpaired) electrons. The molecule has 8 nitrogen and oxygen atoms in total. The highest BCUT2D eigenvalue weighted by Gasteiger charge is 2.43. The normalized spacial score (nSPS) is 21.0. The summed E-state index contributed by atoms with van der Waals surface area (Å²) in [5, 5.41) is 21.2. The van der Waals surface area contributed by atoms with Crippen LogP contribution in [0, 0.1) is 26.9 Å². The van der Waals surface area contributed by atoms with Crippen molar-refractivity contribution < 1.29 is 14.5 Å². The predicted octanol–water partition coefficient (Wildman–Crippen LogP) is 3.11. The lowest BCUT2D eigenvalue weighted by Crippen LogP contribution is -2.33. The molecule has 8 heteroatoms. The second-order valence-corrected chi connectivity index (χ2v) is 8.10. The number of Topliss-reactive ketones (excluding diaryl/α,β-unsaturated/α-hetero) is 1. The molecule has 0 unspecified atom stereocenters. The first-order valence-electron chi connectivity index (χ1n) is 8.85. The third kappa shape index (κ3) is 3.20.